The van der Waals surface area contributed by atoms with Crippen LogP contribution >= 0.6 is 0 Å². The molecular weight excluding hydrogens is 306 g/mol. The fraction of sp³-hybridized carbons (Fsp3) is 0.474. The molecule has 0 radical (unpaired) electrons. The van der Waals surface area contributed by atoms with Crippen LogP contribution in [0.25, 0.3) is 11.0 Å². The predicted molar refractivity (Wildman–Crippen MR) is 90.8 cm³/mol. The number of fused-ring (bicyclic) bond motifs is 2. The molecule has 1 aliphatic carbocycles. The molecule has 128 valence electrons. The number of aryl methyl sites for hydroxylation is 2. The number of rotatable bonds is 7. The number of hydrogen-bond donors (Lipinski definition) is 1. The molecule has 1 N–H and O–H groups in total. The number of carbonyl (C=O) groups excluding carboxylic acids is 2. The summed E-state index contributed by atoms with van der Waals surface area (Å²) in [7, 11) is 0. The van der Waals surface area contributed by atoms with E-state index in [0.717, 1.165) is 29.4 Å². The molecule has 0 spiro atoms. The van der Waals surface area contributed by atoms with Gasteiger partial charge >= 0.3 is 5.97 Å². The molecule has 0 saturated heterocycles. The van der Waals surface area contributed by atoms with Gasteiger partial charge in [-0.25, -0.2) is 0 Å². The highest BCUT2D eigenvalue weighted by Gasteiger charge is 2.16. The Kier molecular flexibility index (Phi) is 5.18. The van der Waals surface area contributed by atoms with Gasteiger partial charge in [-0.3, -0.25) is 9.59 Å². The monoisotopic (exact) mass is 329 g/mol. The number of ether oxygens (including phenoxy) is 1. The van der Waals surface area contributed by atoms with E-state index in [-0.39, 0.29) is 11.9 Å². The number of benzene rings is 1. The predicted octanol–water partition coefficient (Wildman–Crippen LogP) is 2.92. The summed E-state index contributed by atoms with van der Waals surface area (Å²) in [4.78, 5) is 23.3. The quantitative estimate of drug-likeness (QED) is 0.626. The third-order valence-electron chi connectivity index (χ3n) is 4.40. The van der Waals surface area contributed by atoms with Crippen LogP contribution in [0.2, 0.25) is 0 Å². The Morgan fingerprint density at radius 1 is 1.25 bits per heavy atom. The minimum atomic E-state index is -0.221. The van der Waals surface area contributed by atoms with Crippen LogP contribution in [0, 0.1) is 0 Å². The summed E-state index contributed by atoms with van der Waals surface area (Å²) in [5, 5.41) is 3.89. The van der Waals surface area contributed by atoms with Crippen molar-refractivity contribution < 1.29 is 18.7 Å². The van der Waals surface area contributed by atoms with E-state index in [1.54, 1.807) is 13.2 Å². The minimum Gasteiger partial charge on any atom is -0.466 e. The summed E-state index contributed by atoms with van der Waals surface area (Å²) in [5.74, 6) is -0.275. The van der Waals surface area contributed by atoms with Crippen LogP contribution in [-0.4, -0.2) is 25.0 Å². The highest BCUT2D eigenvalue weighted by Crippen LogP contribution is 2.30. The topological polar surface area (TPSA) is 68.5 Å². The lowest BCUT2D eigenvalue weighted by Gasteiger charge is -2.05. The zero-order valence-electron chi connectivity index (χ0n) is 14.0. The number of carbonyl (C=O) groups is 2. The van der Waals surface area contributed by atoms with E-state index in [1.807, 2.05) is 0 Å². The molecule has 2 aromatic rings. The first kappa shape index (κ1) is 16.6. The molecule has 1 aromatic heterocycles. The first-order valence-corrected chi connectivity index (χ1v) is 8.61. The molecule has 5 heteroatoms. The van der Waals surface area contributed by atoms with Gasteiger partial charge in [0.25, 0.3) is 0 Å². The number of nitrogens with one attached hydrogen (secondary N) is 1. The van der Waals surface area contributed by atoms with Crippen LogP contribution in [0.3, 0.4) is 0 Å². The van der Waals surface area contributed by atoms with Crippen molar-refractivity contribution in [2.45, 2.75) is 45.4 Å². The van der Waals surface area contributed by atoms with Crippen molar-refractivity contribution >= 4 is 22.8 Å². The number of esters is 1. The van der Waals surface area contributed by atoms with Crippen molar-refractivity contribution in [2.75, 3.05) is 13.2 Å². The zero-order chi connectivity index (χ0) is 16.9. The van der Waals surface area contributed by atoms with Gasteiger partial charge in [0.2, 0.25) is 5.91 Å². The Hall–Kier alpha value is -2.30. The lowest BCUT2D eigenvalue weighted by molar-refractivity contribution is -0.143. The second kappa shape index (κ2) is 7.51. The fourth-order valence-corrected chi connectivity index (χ4v) is 3.21. The average molecular weight is 329 g/mol. The second-order valence-corrected chi connectivity index (χ2v) is 6.17. The third kappa shape index (κ3) is 3.78. The smallest absolute Gasteiger partial charge is 0.305 e. The molecule has 3 rings (SSSR count). The summed E-state index contributed by atoms with van der Waals surface area (Å²) < 4.78 is 10.5. The first-order chi connectivity index (χ1) is 11.7. The largest absolute Gasteiger partial charge is 0.466 e. The molecule has 0 unspecified atom stereocenters. The SMILES string of the molecule is CCOC(=O)CCCNC(=O)Cc1coc2cc3c(cc12)CCC3. The van der Waals surface area contributed by atoms with Gasteiger partial charge in [0, 0.05) is 23.9 Å². The van der Waals surface area contributed by atoms with E-state index in [1.165, 1.54) is 17.5 Å². The molecule has 1 amide bonds. The molecule has 1 aliphatic rings. The molecule has 0 aliphatic heterocycles. The Balaban J connectivity index is 1.53. The van der Waals surface area contributed by atoms with Crippen LogP contribution in [0.4, 0.5) is 0 Å². The van der Waals surface area contributed by atoms with Crippen molar-refractivity contribution in [3.63, 3.8) is 0 Å². The van der Waals surface area contributed by atoms with E-state index >= 15 is 0 Å². The fourth-order valence-electron chi connectivity index (χ4n) is 3.21. The maximum absolute atomic E-state index is 12.1. The lowest BCUT2D eigenvalue weighted by atomic mass is 10.0. The van der Waals surface area contributed by atoms with Gasteiger partial charge in [-0.1, -0.05) is 0 Å². The normalized spacial score (nSPS) is 13.0. The van der Waals surface area contributed by atoms with Gasteiger partial charge in [-0.15, -0.1) is 0 Å². The van der Waals surface area contributed by atoms with Gasteiger partial charge in [0.1, 0.15) is 5.58 Å². The van der Waals surface area contributed by atoms with Crippen LogP contribution < -0.4 is 5.32 Å². The molecular formula is C19H23NO4. The highest BCUT2D eigenvalue weighted by molar-refractivity contribution is 5.88. The molecule has 1 aromatic carbocycles. The molecule has 5 nitrogen and oxygen atoms in total. The van der Waals surface area contributed by atoms with Gasteiger partial charge in [0.15, 0.2) is 0 Å². The van der Waals surface area contributed by atoms with Crippen molar-refractivity contribution in [3.8, 4) is 0 Å². The number of hydrogen-bond acceptors (Lipinski definition) is 4. The van der Waals surface area contributed by atoms with Gasteiger partial charge in [-0.2, -0.15) is 0 Å². The van der Waals surface area contributed by atoms with Crippen molar-refractivity contribution in [1.82, 2.24) is 5.32 Å². The van der Waals surface area contributed by atoms with Crippen LogP contribution in [0.1, 0.15) is 42.9 Å². The summed E-state index contributed by atoms with van der Waals surface area (Å²) in [5.41, 5.74) is 4.52. The summed E-state index contributed by atoms with van der Waals surface area (Å²) in [6.45, 7) is 2.65. The van der Waals surface area contributed by atoms with Gasteiger partial charge < -0.3 is 14.5 Å². The van der Waals surface area contributed by atoms with Crippen LogP contribution in [0.5, 0.6) is 0 Å². The maximum Gasteiger partial charge on any atom is 0.305 e. The maximum atomic E-state index is 12.1. The summed E-state index contributed by atoms with van der Waals surface area (Å²) in [6, 6.07) is 4.28. The van der Waals surface area contributed by atoms with Crippen LogP contribution in [-0.2, 0) is 33.6 Å². The van der Waals surface area contributed by atoms with Crippen molar-refractivity contribution in [2.24, 2.45) is 0 Å². The average Bonchev–Trinajstić information content (AvgIpc) is 3.16. The Bertz CT molecular complexity index is 747. The minimum absolute atomic E-state index is 0.0537. The van der Waals surface area contributed by atoms with E-state index in [9.17, 15) is 9.59 Å². The number of furan rings is 1. The standard InChI is InChI=1S/C19H23NO4/c1-2-23-19(22)7-4-8-20-18(21)11-15-12-24-17-10-14-6-3-5-13(14)9-16(15)17/h9-10,12H,2-8,11H2,1H3,(H,20,21). The van der Waals surface area contributed by atoms with E-state index in [2.05, 4.69) is 17.4 Å². The van der Waals surface area contributed by atoms with E-state index in [0.29, 0.717) is 32.4 Å². The van der Waals surface area contributed by atoms with E-state index < -0.39 is 0 Å². The highest BCUT2D eigenvalue weighted by atomic mass is 16.5. The molecule has 24 heavy (non-hydrogen) atoms. The first-order valence-electron chi connectivity index (χ1n) is 8.61. The number of amides is 1. The molecule has 0 saturated carbocycles. The lowest BCUT2D eigenvalue weighted by Crippen LogP contribution is -2.26. The Labute approximate surface area is 141 Å². The van der Waals surface area contributed by atoms with Crippen LogP contribution in [0.15, 0.2) is 22.8 Å². The Morgan fingerprint density at radius 2 is 2.04 bits per heavy atom. The summed E-state index contributed by atoms with van der Waals surface area (Å²) >= 11 is 0. The third-order valence-corrected chi connectivity index (χ3v) is 4.40. The Morgan fingerprint density at radius 3 is 2.83 bits per heavy atom. The summed E-state index contributed by atoms with van der Waals surface area (Å²) in [6.07, 6.45) is 6.30. The molecule has 0 bridgehead atoms. The second-order valence-electron chi connectivity index (χ2n) is 6.17. The van der Waals surface area contributed by atoms with Gasteiger partial charge in [0.05, 0.1) is 19.3 Å². The van der Waals surface area contributed by atoms with Crippen molar-refractivity contribution in [1.29, 1.82) is 0 Å². The van der Waals surface area contributed by atoms with Crippen molar-refractivity contribution in [3.05, 3.63) is 35.1 Å². The zero-order valence-corrected chi connectivity index (χ0v) is 14.0. The molecule has 0 atom stereocenters. The van der Waals surface area contributed by atoms with Gasteiger partial charge in [-0.05, 0) is 55.9 Å². The van der Waals surface area contributed by atoms with E-state index in [4.69, 9.17) is 9.15 Å². The molecule has 1 heterocycles. The molecule has 0 fully saturated rings.